The fourth-order valence-electron chi connectivity index (χ4n) is 4.32. The van der Waals surface area contributed by atoms with Crippen LogP contribution in [0.5, 0.6) is 0 Å². The van der Waals surface area contributed by atoms with Crippen LogP contribution >= 0.6 is 15.9 Å². The molecule has 1 aliphatic rings. The zero-order valence-electron chi connectivity index (χ0n) is 20.3. The second-order valence-electron chi connectivity index (χ2n) is 10.2. The molecule has 0 atom stereocenters. The number of Topliss-reactive ketones (excluding diaryl/α,β-unsaturated/α-hetero) is 1. The molecule has 0 saturated carbocycles. The zero-order chi connectivity index (χ0) is 24.5. The Hall–Kier alpha value is -2.54. The Morgan fingerprint density at radius 2 is 1.62 bits per heavy atom. The minimum atomic E-state index is -0.621. The smallest absolute Gasteiger partial charge is 0.296 e. The van der Waals surface area contributed by atoms with Crippen LogP contribution in [-0.4, -0.2) is 54.7 Å². The lowest BCUT2D eigenvalue weighted by Crippen LogP contribution is -2.43. The number of hydrogen-bond acceptors (Lipinski definition) is 4. The third-order valence-corrected chi connectivity index (χ3v) is 7.13. The van der Waals surface area contributed by atoms with Gasteiger partial charge in [-0.05, 0) is 58.6 Å². The van der Waals surface area contributed by atoms with Crippen LogP contribution in [0, 0.1) is 0 Å². The van der Waals surface area contributed by atoms with E-state index >= 15 is 0 Å². The average molecular weight is 522 g/mol. The van der Waals surface area contributed by atoms with Gasteiger partial charge in [0, 0.05) is 48.4 Å². The maximum absolute atomic E-state index is 13.1. The summed E-state index contributed by atoms with van der Waals surface area (Å²) in [5, 5.41) is 4.56. The first-order valence-electron chi connectivity index (χ1n) is 11.7. The molecule has 4 rings (SSSR count). The summed E-state index contributed by atoms with van der Waals surface area (Å²) < 4.78 is 0.895. The van der Waals surface area contributed by atoms with E-state index in [1.807, 2.05) is 42.5 Å². The van der Waals surface area contributed by atoms with Crippen LogP contribution in [0.2, 0.25) is 0 Å². The van der Waals surface area contributed by atoms with Crippen molar-refractivity contribution >= 4 is 44.1 Å². The van der Waals surface area contributed by atoms with Crippen molar-refractivity contribution in [3.8, 4) is 0 Å². The van der Waals surface area contributed by atoms with Gasteiger partial charge < -0.3 is 10.2 Å². The summed E-state index contributed by atoms with van der Waals surface area (Å²) in [5.74, 6) is -1.16. The molecule has 1 aliphatic heterocycles. The van der Waals surface area contributed by atoms with Crippen LogP contribution in [0.15, 0.2) is 59.1 Å². The van der Waals surface area contributed by atoms with Gasteiger partial charge in [-0.3, -0.25) is 14.5 Å². The van der Waals surface area contributed by atoms with Gasteiger partial charge in [0.05, 0.1) is 0 Å². The highest BCUT2D eigenvalue weighted by molar-refractivity contribution is 9.10. The van der Waals surface area contributed by atoms with Gasteiger partial charge in [-0.2, -0.15) is 0 Å². The highest BCUT2D eigenvalue weighted by Gasteiger charge is 2.22. The molecule has 1 N–H and O–H groups in total. The minimum Gasteiger partial charge on any atom is -0.319 e. The fraction of sp³-hybridized carbons (Fsp3) is 0.357. The largest absolute Gasteiger partial charge is 0.319 e. The summed E-state index contributed by atoms with van der Waals surface area (Å²) in [4.78, 5) is 31.0. The lowest BCUT2D eigenvalue weighted by molar-refractivity contribution is -0.112. The van der Waals surface area contributed by atoms with E-state index in [0.29, 0.717) is 11.3 Å². The molecule has 0 unspecified atom stereocenters. The SMILES string of the molecule is CN1CCN(Cc2cc(NC(=O)C(=O)c3ccc(Br)c4ccccc34)cc(C(C)(C)C)c2)CC1. The van der Waals surface area contributed by atoms with E-state index in [1.165, 1.54) is 0 Å². The molecule has 34 heavy (non-hydrogen) atoms. The predicted octanol–water partition coefficient (Wildman–Crippen LogP) is 5.47. The normalized spacial score (nSPS) is 15.4. The van der Waals surface area contributed by atoms with Crippen molar-refractivity contribution in [2.45, 2.75) is 32.7 Å². The maximum Gasteiger partial charge on any atom is 0.296 e. The molecule has 1 heterocycles. The number of nitrogens with zero attached hydrogens (tertiary/aromatic N) is 2. The number of fused-ring (bicyclic) bond motifs is 1. The lowest BCUT2D eigenvalue weighted by atomic mass is 9.85. The van der Waals surface area contributed by atoms with Crippen molar-refractivity contribution in [1.29, 1.82) is 0 Å². The number of anilines is 1. The van der Waals surface area contributed by atoms with E-state index in [-0.39, 0.29) is 5.41 Å². The van der Waals surface area contributed by atoms with Crippen molar-refractivity contribution in [3.05, 3.63) is 75.8 Å². The molecular formula is C28H32BrN3O2. The molecule has 0 aliphatic carbocycles. The summed E-state index contributed by atoms with van der Waals surface area (Å²) >= 11 is 3.53. The highest BCUT2D eigenvalue weighted by Crippen LogP contribution is 2.29. The van der Waals surface area contributed by atoms with E-state index in [2.05, 4.69) is 64.9 Å². The summed E-state index contributed by atoms with van der Waals surface area (Å²) in [6, 6.07) is 17.3. The standard InChI is InChI=1S/C28H32BrN3O2/c1-28(2,3)20-15-19(18-32-13-11-31(4)12-14-32)16-21(17-20)30-27(34)26(33)24-9-10-25(29)23-8-6-5-7-22(23)24/h5-10,15-17H,11-14,18H2,1-4H3,(H,30,34). The second-order valence-corrected chi connectivity index (χ2v) is 11.0. The first-order valence-corrected chi connectivity index (χ1v) is 12.5. The summed E-state index contributed by atoms with van der Waals surface area (Å²) in [6.45, 7) is 11.5. The van der Waals surface area contributed by atoms with Crippen LogP contribution < -0.4 is 5.32 Å². The number of rotatable bonds is 5. The van der Waals surface area contributed by atoms with Gasteiger partial charge in [0.25, 0.3) is 11.7 Å². The number of carbonyl (C=O) groups is 2. The molecule has 3 aromatic carbocycles. The van der Waals surface area contributed by atoms with Crippen molar-refractivity contribution in [3.63, 3.8) is 0 Å². The molecule has 1 saturated heterocycles. The first-order chi connectivity index (χ1) is 16.1. The number of carbonyl (C=O) groups excluding carboxylic acids is 2. The van der Waals surface area contributed by atoms with Gasteiger partial charge in [0.1, 0.15) is 0 Å². The zero-order valence-corrected chi connectivity index (χ0v) is 21.9. The lowest BCUT2D eigenvalue weighted by Gasteiger charge is -2.32. The fourth-order valence-corrected chi connectivity index (χ4v) is 4.80. The van der Waals surface area contributed by atoms with Crippen LogP contribution in [-0.2, 0) is 16.8 Å². The third kappa shape index (κ3) is 5.57. The van der Waals surface area contributed by atoms with E-state index in [0.717, 1.165) is 59.1 Å². The number of nitrogens with one attached hydrogen (secondary N) is 1. The third-order valence-electron chi connectivity index (χ3n) is 6.44. The first kappa shape index (κ1) is 24.6. The Morgan fingerprint density at radius 3 is 2.29 bits per heavy atom. The number of piperazine rings is 1. The summed E-state index contributed by atoms with van der Waals surface area (Å²) in [5.41, 5.74) is 3.27. The number of hydrogen-bond donors (Lipinski definition) is 1. The monoisotopic (exact) mass is 521 g/mol. The predicted molar refractivity (Wildman–Crippen MR) is 143 cm³/mol. The minimum absolute atomic E-state index is 0.0798. The van der Waals surface area contributed by atoms with Gasteiger partial charge in [-0.15, -0.1) is 0 Å². The van der Waals surface area contributed by atoms with Crippen LogP contribution in [0.4, 0.5) is 5.69 Å². The Balaban J connectivity index is 1.59. The molecular weight excluding hydrogens is 490 g/mol. The van der Waals surface area contributed by atoms with Crippen LogP contribution in [0.3, 0.4) is 0 Å². The van der Waals surface area contributed by atoms with Crippen LogP contribution in [0.1, 0.15) is 42.3 Å². The average Bonchev–Trinajstić information content (AvgIpc) is 2.80. The Kier molecular flexibility index (Phi) is 7.22. The Labute approximate surface area is 210 Å². The van der Waals surface area contributed by atoms with Gasteiger partial charge in [-0.25, -0.2) is 0 Å². The number of amides is 1. The molecule has 0 radical (unpaired) electrons. The van der Waals surface area contributed by atoms with Crippen molar-refractivity contribution in [1.82, 2.24) is 9.80 Å². The molecule has 0 aromatic heterocycles. The maximum atomic E-state index is 13.1. The van der Waals surface area contributed by atoms with Gasteiger partial charge in [0.2, 0.25) is 0 Å². The van der Waals surface area contributed by atoms with E-state index in [1.54, 1.807) is 6.07 Å². The topological polar surface area (TPSA) is 52.6 Å². The Bertz CT molecular complexity index is 1220. The van der Waals surface area contributed by atoms with Crippen molar-refractivity contribution < 1.29 is 9.59 Å². The number of likely N-dealkylation sites (N-methyl/N-ethyl adjacent to an activating group) is 1. The van der Waals surface area contributed by atoms with E-state index < -0.39 is 11.7 Å². The molecule has 1 fully saturated rings. The molecule has 0 bridgehead atoms. The summed E-state index contributed by atoms with van der Waals surface area (Å²) in [6.07, 6.45) is 0. The van der Waals surface area contributed by atoms with Crippen molar-refractivity contribution in [2.75, 3.05) is 38.5 Å². The molecule has 3 aromatic rings. The Morgan fingerprint density at radius 1 is 0.941 bits per heavy atom. The molecule has 178 valence electrons. The number of benzene rings is 3. The van der Waals surface area contributed by atoms with E-state index in [9.17, 15) is 9.59 Å². The second kappa shape index (κ2) is 9.98. The number of halogens is 1. The quantitative estimate of drug-likeness (QED) is 0.357. The van der Waals surface area contributed by atoms with E-state index in [4.69, 9.17) is 0 Å². The molecule has 1 amide bonds. The molecule has 6 heteroatoms. The van der Waals surface area contributed by atoms with Crippen LogP contribution in [0.25, 0.3) is 10.8 Å². The van der Waals surface area contributed by atoms with Gasteiger partial charge in [-0.1, -0.05) is 67.0 Å². The number of ketones is 1. The van der Waals surface area contributed by atoms with Gasteiger partial charge >= 0.3 is 0 Å². The summed E-state index contributed by atoms with van der Waals surface area (Å²) in [7, 11) is 2.15. The highest BCUT2D eigenvalue weighted by atomic mass is 79.9. The molecule has 0 spiro atoms. The van der Waals surface area contributed by atoms with Gasteiger partial charge in [0.15, 0.2) is 0 Å². The molecule has 5 nitrogen and oxygen atoms in total. The van der Waals surface area contributed by atoms with Crippen molar-refractivity contribution in [2.24, 2.45) is 0 Å².